The third-order valence-corrected chi connectivity index (χ3v) is 11.8. The SMILES string of the molecule is C1=CC(c2cccc3c2N(c2ccccc2-c2ccccc2)c2cccc4c2B3c2ccc(N(c3ccccc3)c3ccccc3)cc2N4c2ccccc2)=CCC1. The first-order chi connectivity index (χ1) is 28.8. The summed E-state index contributed by atoms with van der Waals surface area (Å²) in [7, 11) is 0. The molecule has 0 saturated heterocycles. The standard InChI is InChI=1S/C54H40BN3/c1-6-20-39(21-7-1)45-30-16-17-33-49(45)58-51-35-19-34-50-53(51)55(48-32-18-31-46(54(48)58)40-22-8-2-9-23-40)47-37-36-44(38-52(47)57(50)43-28-14-5-15-29-43)56(41-24-10-3-11-25-41)42-26-12-4-13-27-42/h1,3-8,10-38H,2,9H2. The Labute approximate surface area is 341 Å². The molecule has 3 aliphatic rings. The number of nitrogens with zero attached hydrogens (tertiary/aromatic N) is 3. The predicted octanol–water partition coefficient (Wildman–Crippen LogP) is 12.6. The molecule has 274 valence electrons. The third-order valence-electron chi connectivity index (χ3n) is 11.8. The molecule has 0 radical (unpaired) electrons. The molecule has 1 aliphatic carbocycles. The van der Waals surface area contributed by atoms with Gasteiger partial charge >= 0.3 is 0 Å². The van der Waals surface area contributed by atoms with Crippen LogP contribution >= 0.6 is 0 Å². The summed E-state index contributed by atoms with van der Waals surface area (Å²) in [6.07, 6.45) is 9.18. The van der Waals surface area contributed by atoms with Gasteiger partial charge in [0.2, 0.25) is 0 Å². The molecule has 0 amide bonds. The average Bonchev–Trinajstić information content (AvgIpc) is 3.30. The van der Waals surface area contributed by atoms with Crippen LogP contribution in [0.2, 0.25) is 0 Å². The molecule has 8 aromatic rings. The zero-order chi connectivity index (χ0) is 38.4. The van der Waals surface area contributed by atoms with Crippen LogP contribution in [0.5, 0.6) is 0 Å². The molecule has 0 atom stereocenters. The molecular weight excluding hydrogens is 701 g/mol. The highest BCUT2D eigenvalue weighted by molar-refractivity contribution is 7.00. The van der Waals surface area contributed by atoms with E-state index in [2.05, 4.69) is 233 Å². The van der Waals surface area contributed by atoms with E-state index in [1.807, 2.05) is 0 Å². The molecule has 0 fully saturated rings. The maximum Gasteiger partial charge on any atom is 0.252 e. The van der Waals surface area contributed by atoms with Crippen molar-refractivity contribution in [2.24, 2.45) is 0 Å². The van der Waals surface area contributed by atoms with Crippen molar-refractivity contribution in [3.05, 3.63) is 224 Å². The van der Waals surface area contributed by atoms with Gasteiger partial charge in [-0.15, -0.1) is 0 Å². The minimum Gasteiger partial charge on any atom is -0.311 e. The van der Waals surface area contributed by atoms with E-state index in [0.717, 1.165) is 35.6 Å². The Morgan fingerprint density at radius 3 is 1.74 bits per heavy atom. The van der Waals surface area contributed by atoms with Crippen LogP contribution in [-0.2, 0) is 0 Å². The number of benzene rings is 8. The molecule has 3 nitrogen and oxygen atoms in total. The summed E-state index contributed by atoms with van der Waals surface area (Å²) >= 11 is 0. The molecule has 4 heteroatoms. The van der Waals surface area contributed by atoms with Gasteiger partial charge in [-0.05, 0) is 107 Å². The van der Waals surface area contributed by atoms with Crippen molar-refractivity contribution in [1.82, 2.24) is 0 Å². The van der Waals surface area contributed by atoms with Crippen molar-refractivity contribution in [1.29, 1.82) is 0 Å². The molecule has 2 heterocycles. The Bertz CT molecular complexity index is 2810. The van der Waals surface area contributed by atoms with Gasteiger partial charge in [-0.2, -0.15) is 0 Å². The Hall–Kier alpha value is -7.30. The van der Waals surface area contributed by atoms with E-state index in [-0.39, 0.29) is 6.71 Å². The Morgan fingerprint density at radius 1 is 0.431 bits per heavy atom. The second-order valence-electron chi connectivity index (χ2n) is 15.2. The molecule has 0 bridgehead atoms. The van der Waals surface area contributed by atoms with Crippen LogP contribution in [0, 0.1) is 0 Å². The van der Waals surface area contributed by atoms with Gasteiger partial charge in [-0.25, -0.2) is 0 Å². The van der Waals surface area contributed by atoms with Gasteiger partial charge < -0.3 is 14.7 Å². The number of para-hydroxylation sites is 5. The number of rotatable bonds is 7. The molecule has 8 aromatic carbocycles. The van der Waals surface area contributed by atoms with Crippen molar-refractivity contribution in [2.45, 2.75) is 12.8 Å². The number of fused-ring (bicyclic) bond motifs is 4. The molecular formula is C54H40BN3. The highest BCUT2D eigenvalue weighted by atomic mass is 15.2. The summed E-state index contributed by atoms with van der Waals surface area (Å²) in [6.45, 7) is 0.000343. The van der Waals surface area contributed by atoms with E-state index in [1.54, 1.807) is 0 Å². The lowest BCUT2D eigenvalue weighted by molar-refractivity contribution is 1.04. The monoisotopic (exact) mass is 741 g/mol. The van der Waals surface area contributed by atoms with Gasteiger partial charge in [0.1, 0.15) is 0 Å². The largest absolute Gasteiger partial charge is 0.311 e. The van der Waals surface area contributed by atoms with E-state index in [1.165, 1.54) is 67.1 Å². The molecule has 0 spiro atoms. The number of allylic oxidation sites excluding steroid dienone is 4. The van der Waals surface area contributed by atoms with Crippen molar-refractivity contribution >= 4 is 79.9 Å². The molecule has 2 aliphatic heterocycles. The van der Waals surface area contributed by atoms with E-state index >= 15 is 0 Å². The summed E-state index contributed by atoms with van der Waals surface area (Å²) in [4.78, 5) is 7.43. The zero-order valence-corrected chi connectivity index (χ0v) is 32.1. The molecule has 58 heavy (non-hydrogen) atoms. The lowest BCUT2D eigenvalue weighted by Crippen LogP contribution is -2.61. The Morgan fingerprint density at radius 2 is 1.03 bits per heavy atom. The Balaban J connectivity index is 1.20. The predicted molar refractivity (Wildman–Crippen MR) is 247 cm³/mol. The first-order valence-corrected chi connectivity index (χ1v) is 20.3. The molecule has 0 unspecified atom stereocenters. The van der Waals surface area contributed by atoms with Crippen molar-refractivity contribution < 1.29 is 0 Å². The van der Waals surface area contributed by atoms with Crippen LogP contribution in [0.25, 0.3) is 16.7 Å². The van der Waals surface area contributed by atoms with Crippen LogP contribution in [0.15, 0.2) is 218 Å². The van der Waals surface area contributed by atoms with Crippen LogP contribution < -0.4 is 31.1 Å². The smallest absolute Gasteiger partial charge is 0.252 e. The topological polar surface area (TPSA) is 9.72 Å². The summed E-state index contributed by atoms with van der Waals surface area (Å²) in [5.41, 5.74) is 19.3. The van der Waals surface area contributed by atoms with E-state index in [0.29, 0.717) is 0 Å². The van der Waals surface area contributed by atoms with Crippen LogP contribution in [-0.4, -0.2) is 6.71 Å². The van der Waals surface area contributed by atoms with E-state index < -0.39 is 0 Å². The second kappa shape index (κ2) is 14.3. The van der Waals surface area contributed by atoms with Crippen molar-refractivity contribution in [3.8, 4) is 11.1 Å². The maximum atomic E-state index is 2.57. The molecule has 0 saturated carbocycles. The van der Waals surface area contributed by atoms with Gasteiger partial charge in [0.05, 0.1) is 5.69 Å². The first kappa shape index (κ1) is 34.0. The fourth-order valence-electron chi connectivity index (χ4n) is 9.39. The van der Waals surface area contributed by atoms with Gasteiger partial charge in [0.25, 0.3) is 6.71 Å². The Kier molecular flexibility index (Phi) is 8.40. The maximum absolute atomic E-state index is 2.57. The highest BCUT2D eigenvalue weighted by Gasteiger charge is 2.44. The normalized spacial score (nSPS) is 13.7. The lowest BCUT2D eigenvalue weighted by atomic mass is 9.33. The number of hydrogen-bond donors (Lipinski definition) is 0. The molecule has 0 N–H and O–H groups in total. The van der Waals surface area contributed by atoms with Gasteiger partial charge in [-0.3, -0.25) is 0 Å². The van der Waals surface area contributed by atoms with Crippen LogP contribution in [0.3, 0.4) is 0 Å². The average molecular weight is 742 g/mol. The summed E-state index contributed by atoms with van der Waals surface area (Å²) in [6, 6.07) is 73.1. The first-order valence-electron chi connectivity index (χ1n) is 20.3. The minimum atomic E-state index is 0.000343. The molecule has 0 aromatic heterocycles. The fourth-order valence-corrected chi connectivity index (χ4v) is 9.39. The number of hydrogen-bond acceptors (Lipinski definition) is 3. The van der Waals surface area contributed by atoms with Crippen LogP contribution in [0.4, 0.5) is 51.2 Å². The quantitative estimate of drug-likeness (QED) is 0.151. The van der Waals surface area contributed by atoms with Crippen LogP contribution in [0.1, 0.15) is 18.4 Å². The minimum absolute atomic E-state index is 0.000343. The molecule has 11 rings (SSSR count). The van der Waals surface area contributed by atoms with Gasteiger partial charge in [0, 0.05) is 56.6 Å². The van der Waals surface area contributed by atoms with Gasteiger partial charge in [0.15, 0.2) is 0 Å². The third kappa shape index (κ3) is 5.60. The van der Waals surface area contributed by atoms with Crippen molar-refractivity contribution in [3.63, 3.8) is 0 Å². The van der Waals surface area contributed by atoms with Gasteiger partial charge in [-0.1, -0.05) is 152 Å². The van der Waals surface area contributed by atoms with E-state index in [9.17, 15) is 0 Å². The number of anilines is 9. The second-order valence-corrected chi connectivity index (χ2v) is 15.2. The summed E-state index contributed by atoms with van der Waals surface area (Å²) in [5, 5.41) is 0. The lowest BCUT2D eigenvalue weighted by Gasteiger charge is -2.45. The van der Waals surface area contributed by atoms with E-state index in [4.69, 9.17) is 0 Å². The zero-order valence-electron chi connectivity index (χ0n) is 32.1. The fraction of sp³-hybridized carbons (Fsp3) is 0.0370. The summed E-state index contributed by atoms with van der Waals surface area (Å²) < 4.78 is 0. The highest BCUT2D eigenvalue weighted by Crippen LogP contribution is 2.49. The summed E-state index contributed by atoms with van der Waals surface area (Å²) in [5.74, 6) is 0. The van der Waals surface area contributed by atoms with Crippen molar-refractivity contribution in [2.75, 3.05) is 14.7 Å².